The maximum absolute atomic E-state index is 11.6. The Morgan fingerprint density at radius 1 is 1.22 bits per heavy atom. The van der Waals surface area contributed by atoms with Gasteiger partial charge in [-0.2, -0.15) is 0 Å². The van der Waals surface area contributed by atoms with Gasteiger partial charge in [-0.3, -0.25) is 9.59 Å². The fourth-order valence-electron chi connectivity index (χ4n) is 1.20. The second-order valence-corrected chi connectivity index (χ2v) is 5.00. The van der Waals surface area contributed by atoms with Gasteiger partial charge in [-0.1, -0.05) is 32.9 Å². The summed E-state index contributed by atoms with van der Waals surface area (Å²) >= 11 is 0. The van der Waals surface area contributed by atoms with Crippen molar-refractivity contribution in [3.8, 4) is 5.75 Å². The quantitative estimate of drug-likeness (QED) is 0.711. The van der Waals surface area contributed by atoms with Gasteiger partial charge in [0.1, 0.15) is 5.75 Å². The number of nitrogens with one attached hydrogen (secondary N) is 2. The van der Waals surface area contributed by atoms with Gasteiger partial charge < -0.3 is 15.7 Å². The SMILES string of the molecule is CC(C)(C)C(=O)NCC(=O)Nc1ccccc1O. The molecule has 0 radical (unpaired) electrons. The molecule has 5 heteroatoms. The Balaban J connectivity index is 2.49. The fourth-order valence-corrected chi connectivity index (χ4v) is 1.20. The third kappa shape index (κ3) is 4.08. The first-order valence-corrected chi connectivity index (χ1v) is 5.67. The van der Waals surface area contributed by atoms with Crippen molar-refractivity contribution >= 4 is 17.5 Å². The first kappa shape index (κ1) is 14.0. The summed E-state index contributed by atoms with van der Waals surface area (Å²) in [5.41, 5.74) is -0.206. The zero-order chi connectivity index (χ0) is 13.8. The number of aromatic hydroxyl groups is 1. The molecule has 0 unspecified atom stereocenters. The van der Waals surface area contributed by atoms with Crippen LogP contribution in [0.15, 0.2) is 24.3 Å². The zero-order valence-electron chi connectivity index (χ0n) is 10.8. The molecule has 0 aliphatic heterocycles. The molecule has 1 aromatic carbocycles. The largest absolute Gasteiger partial charge is 0.506 e. The summed E-state index contributed by atoms with van der Waals surface area (Å²) < 4.78 is 0. The summed E-state index contributed by atoms with van der Waals surface area (Å²) in [6.07, 6.45) is 0. The van der Waals surface area contributed by atoms with Crippen LogP contribution in [0.3, 0.4) is 0 Å². The van der Waals surface area contributed by atoms with E-state index in [1.165, 1.54) is 6.07 Å². The Bertz CT molecular complexity index is 450. The molecule has 0 aliphatic rings. The summed E-state index contributed by atoms with van der Waals surface area (Å²) in [4.78, 5) is 23.1. The number of hydrogen-bond acceptors (Lipinski definition) is 3. The van der Waals surface area contributed by atoms with Crippen LogP contribution in [0.2, 0.25) is 0 Å². The van der Waals surface area contributed by atoms with Crippen molar-refractivity contribution in [3.05, 3.63) is 24.3 Å². The minimum Gasteiger partial charge on any atom is -0.506 e. The van der Waals surface area contributed by atoms with Gasteiger partial charge in [-0.25, -0.2) is 0 Å². The summed E-state index contributed by atoms with van der Waals surface area (Å²) in [7, 11) is 0. The van der Waals surface area contributed by atoms with E-state index in [1.807, 2.05) is 0 Å². The second kappa shape index (κ2) is 5.53. The van der Waals surface area contributed by atoms with Gasteiger partial charge >= 0.3 is 0 Å². The number of hydrogen-bond donors (Lipinski definition) is 3. The van der Waals surface area contributed by atoms with E-state index in [0.29, 0.717) is 5.69 Å². The number of para-hydroxylation sites is 2. The molecule has 1 aromatic rings. The molecule has 0 saturated heterocycles. The topological polar surface area (TPSA) is 78.4 Å². The van der Waals surface area contributed by atoms with Crippen LogP contribution in [-0.2, 0) is 9.59 Å². The molecule has 3 N–H and O–H groups in total. The Hall–Kier alpha value is -2.04. The van der Waals surface area contributed by atoms with E-state index < -0.39 is 5.41 Å². The summed E-state index contributed by atoms with van der Waals surface area (Å²) in [5.74, 6) is -0.586. The van der Waals surface area contributed by atoms with E-state index in [-0.39, 0.29) is 24.1 Å². The number of carbonyl (C=O) groups excluding carboxylic acids is 2. The molecule has 5 nitrogen and oxygen atoms in total. The van der Waals surface area contributed by atoms with Crippen LogP contribution in [0.1, 0.15) is 20.8 Å². The number of carbonyl (C=O) groups is 2. The predicted molar refractivity (Wildman–Crippen MR) is 69.2 cm³/mol. The van der Waals surface area contributed by atoms with E-state index in [1.54, 1.807) is 39.0 Å². The molecule has 0 spiro atoms. The van der Waals surface area contributed by atoms with Crippen LogP contribution in [0.25, 0.3) is 0 Å². The van der Waals surface area contributed by atoms with E-state index >= 15 is 0 Å². The molecule has 98 valence electrons. The average molecular weight is 250 g/mol. The number of phenolic OH excluding ortho intramolecular Hbond substituents is 1. The smallest absolute Gasteiger partial charge is 0.243 e. The summed E-state index contributed by atoms with van der Waals surface area (Å²) in [5, 5.41) is 14.5. The maximum atomic E-state index is 11.6. The fraction of sp³-hybridized carbons (Fsp3) is 0.385. The molecule has 2 amide bonds. The maximum Gasteiger partial charge on any atom is 0.243 e. The van der Waals surface area contributed by atoms with Crippen molar-refractivity contribution in [2.75, 3.05) is 11.9 Å². The second-order valence-electron chi connectivity index (χ2n) is 5.00. The van der Waals surface area contributed by atoms with Crippen molar-refractivity contribution in [1.29, 1.82) is 0 Å². The van der Waals surface area contributed by atoms with Crippen LogP contribution >= 0.6 is 0 Å². The van der Waals surface area contributed by atoms with Crippen molar-refractivity contribution in [3.63, 3.8) is 0 Å². The van der Waals surface area contributed by atoms with Crippen molar-refractivity contribution in [1.82, 2.24) is 5.32 Å². The third-order valence-electron chi connectivity index (χ3n) is 2.27. The molecule has 0 bridgehead atoms. The summed E-state index contributed by atoms with van der Waals surface area (Å²) in [6.45, 7) is 5.18. The number of anilines is 1. The molecule has 0 saturated carbocycles. The highest BCUT2D eigenvalue weighted by Crippen LogP contribution is 2.21. The van der Waals surface area contributed by atoms with Crippen LogP contribution < -0.4 is 10.6 Å². The number of benzene rings is 1. The van der Waals surface area contributed by atoms with E-state index in [0.717, 1.165) is 0 Å². The first-order chi connectivity index (χ1) is 8.30. The Labute approximate surface area is 106 Å². The third-order valence-corrected chi connectivity index (χ3v) is 2.27. The van der Waals surface area contributed by atoms with E-state index in [2.05, 4.69) is 10.6 Å². The molecular weight excluding hydrogens is 232 g/mol. The minimum absolute atomic E-state index is 0.00648. The number of amides is 2. The van der Waals surface area contributed by atoms with Crippen LogP contribution in [-0.4, -0.2) is 23.5 Å². The van der Waals surface area contributed by atoms with Gasteiger partial charge in [-0.05, 0) is 12.1 Å². The first-order valence-electron chi connectivity index (χ1n) is 5.67. The van der Waals surface area contributed by atoms with Crippen LogP contribution in [0.4, 0.5) is 5.69 Å². The highest BCUT2D eigenvalue weighted by Gasteiger charge is 2.21. The lowest BCUT2D eigenvalue weighted by Gasteiger charge is -2.17. The highest BCUT2D eigenvalue weighted by molar-refractivity contribution is 5.96. The lowest BCUT2D eigenvalue weighted by Crippen LogP contribution is -2.39. The summed E-state index contributed by atoms with van der Waals surface area (Å²) in [6, 6.07) is 6.41. The monoisotopic (exact) mass is 250 g/mol. The zero-order valence-corrected chi connectivity index (χ0v) is 10.8. The Morgan fingerprint density at radius 3 is 2.39 bits per heavy atom. The molecule has 0 atom stereocenters. The molecule has 18 heavy (non-hydrogen) atoms. The normalized spacial score (nSPS) is 10.8. The Kier molecular flexibility index (Phi) is 4.31. The van der Waals surface area contributed by atoms with Gasteiger partial charge in [0.15, 0.2) is 0 Å². The predicted octanol–water partition coefficient (Wildman–Crippen LogP) is 1.49. The Morgan fingerprint density at radius 2 is 1.83 bits per heavy atom. The standard InChI is InChI=1S/C13H18N2O3/c1-13(2,3)12(18)14-8-11(17)15-9-6-4-5-7-10(9)16/h4-7,16H,8H2,1-3H3,(H,14,18)(H,15,17). The van der Waals surface area contributed by atoms with E-state index in [4.69, 9.17) is 0 Å². The van der Waals surface area contributed by atoms with Gasteiger partial charge in [0.2, 0.25) is 11.8 Å². The minimum atomic E-state index is -0.533. The van der Waals surface area contributed by atoms with Gasteiger partial charge in [0.25, 0.3) is 0 Å². The molecule has 1 rings (SSSR count). The van der Waals surface area contributed by atoms with E-state index in [9.17, 15) is 14.7 Å². The average Bonchev–Trinajstić information content (AvgIpc) is 2.27. The van der Waals surface area contributed by atoms with Crippen LogP contribution in [0, 0.1) is 5.41 Å². The molecule has 0 aromatic heterocycles. The number of phenols is 1. The molecule has 0 heterocycles. The van der Waals surface area contributed by atoms with Gasteiger partial charge in [-0.15, -0.1) is 0 Å². The molecular formula is C13H18N2O3. The van der Waals surface area contributed by atoms with Crippen molar-refractivity contribution in [2.45, 2.75) is 20.8 Å². The van der Waals surface area contributed by atoms with Crippen molar-refractivity contribution in [2.24, 2.45) is 5.41 Å². The molecule has 0 aliphatic carbocycles. The highest BCUT2D eigenvalue weighted by atomic mass is 16.3. The van der Waals surface area contributed by atoms with Gasteiger partial charge in [0.05, 0.1) is 12.2 Å². The lowest BCUT2D eigenvalue weighted by atomic mass is 9.96. The molecule has 0 fully saturated rings. The van der Waals surface area contributed by atoms with Crippen molar-refractivity contribution < 1.29 is 14.7 Å². The van der Waals surface area contributed by atoms with Gasteiger partial charge in [0, 0.05) is 5.41 Å². The van der Waals surface area contributed by atoms with Crippen LogP contribution in [0.5, 0.6) is 5.75 Å². The number of rotatable bonds is 3. The lowest BCUT2D eigenvalue weighted by molar-refractivity contribution is -0.130.